The van der Waals surface area contributed by atoms with Gasteiger partial charge in [0.15, 0.2) is 6.10 Å². The zero-order chi connectivity index (χ0) is 32.1. The maximum atomic E-state index is 14.3. The minimum absolute atomic E-state index is 0.104. The number of nitrogens with one attached hydrogen (secondary N) is 1. The summed E-state index contributed by atoms with van der Waals surface area (Å²) in [5, 5.41) is 2.89. The summed E-state index contributed by atoms with van der Waals surface area (Å²) in [6.45, 7) is 5.33. The molecule has 4 atom stereocenters. The first-order valence-electron chi connectivity index (χ1n) is 15.8. The van der Waals surface area contributed by atoms with Gasteiger partial charge in [0, 0.05) is 13.1 Å². The number of amides is 2. The molecule has 8 heteroatoms. The molecule has 1 aliphatic rings. The van der Waals surface area contributed by atoms with E-state index in [0.29, 0.717) is 25.3 Å². The van der Waals surface area contributed by atoms with Crippen molar-refractivity contribution in [1.29, 1.82) is 0 Å². The van der Waals surface area contributed by atoms with Crippen molar-refractivity contribution in [2.45, 2.75) is 64.4 Å². The summed E-state index contributed by atoms with van der Waals surface area (Å²) in [5.74, 6) is 0.234. The maximum Gasteiger partial charge on any atom is 0.412 e. The van der Waals surface area contributed by atoms with Crippen LogP contribution in [0.5, 0.6) is 5.75 Å². The molecule has 1 heterocycles. The Bertz CT molecular complexity index is 1500. The van der Waals surface area contributed by atoms with Gasteiger partial charge in [-0.05, 0) is 42.2 Å². The number of rotatable bonds is 14. The van der Waals surface area contributed by atoms with E-state index < -0.39 is 30.4 Å². The van der Waals surface area contributed by atoms with Crippen LogP contribution in [0.1, 0.15) is 35.6 Å². The molecule has 1 fully saturated rings. The Balaban J connectivity index is 1.43. The van der Waals surface area contributed by atoms with Gasteiger partial charge in [-0.2, -0.15) is 0 Å². The predicted molar refractivity (Wildman–Crippen MR) is 176 cm³/mol. The van der Waals surface area contributed by atoms with E-state index in [1.165, 1.54) is 0 Å². The predicted octanol–water partition coefficient (Wildman–Crippen LogP) is 6.46. The van der Waals surface area contributed by atoms with Crippen LogP contribution in [-0.2, 0) is 38.8 Å². The van der Waals surface area contributed by atoms with Crippen molar-refractivity contribution in [2.24, 2.45) is 0 Å². The summed E-state index contributed by atoms with van der Waals surface area (Å²) < 4.78 is 25.2. The summed E-state index contributed by atoms with van der Waals surface area (Å²) in [6.07, 6.45) is -2.21. The lowest BCUT2D eigenvalue weighted by atomic mass is 9.91. The molecular formula is C38H42N2O6. The van der Waals surface area contributed by atoms with Crippen LogP contribution in [0.4, 0.5) is 4.79 Å². The fraction of sp³-hybridized carbons (Fsp3) is 0.316. The molecule has 4 unspecified atom stereocenters. The molecule has 0 aliphatic carbocycles. The maximum absolute atomic E-state index is 14.3. The quantitative estimate of drug-likeness (QED) is 0.174. The number of nitrogens with zero attached hydrogens (tertiary/aromatic N) is 1. The van der Waals surface area contributed by atoms with E-state index in [4.69, 9.17) is 18.9 Å². The Kier molecular flexibility index (Phi) is 11.9. The summed E-state index contributed by atoms with van der Waals surface area (Å²) in [7, 11) is 0. The van der Waals surface area contributed by atoms with E-state index >= 15 is 0 Å². The average Bonchev–Trinajstić information content (AvgIpc) is 3.09. The van der Waals surface area contributed by atoms with E-state index in [2.05, 4.69) is 5.32 Å². The highest BCUT2D eigenvalue weighted by molar-refractivity contribution is 5.83. The number of likely N-dealkylation sites (tertiary alicyclic amines) is 1. The van der Waals surface area contributed by atoms with Crippen LogP contribution in [0.15, 0.2) is 115 Å². The molecule has 2 amide bonds. The number of benzene rings is 4. The summed E-state index contributed by atoms with van der Waals surface area (Å²) >= 11 is 0. The lowest BCUT2D eigenvalue weighted by molar-refractivity contribution is -0.208. The topological polar surface area (TPSA) is 86.3 Å². The van der Waals surface area contributed by atoms with Gasteiger partial charge in [0.1, 0.15) is 18.0 Å². The van der Waals surface area contributed by atoms with Crippen LogP contribution in [0.25, 0.3) is 0 Å². The molecule has 0 radical (unpaired) electrons. The standard InChI is InChI=1S/C38H42N2O6/c1-3-23-40-33(24-39-38(42)46-32-21-19-28(2)20-22-32)34(43-25-29-13-7-4-8-14-29)35(44-26-30-15-9-5-10-16-30)36(37(40)41)45-27-31-17-11-6-12-18-31/h4-22,33-36H,3,23-27H2,1-2H3,(H,39,42). The third kappa shape index (κ3) is 9.03. The molecule has 5 rings (SSSR count). The SMILES string of the molecule is CCCN1C(=O)C(OCc2ccccc2)C(OCc2ccccc2)C(OCc2ccccc2)C1CNC(=O)Oc1ccc(C)cc1. The van der Waals surface area contributed by atoms with E-state index in [1.807, 2.05) is 117 Å². The first-order chi connectivity index (χ1) is 22.5. The molecule has 0 aromatic heterocycles. The van der Waals surface area contributed by atoms with Crippen LogP contribution in [0, 0.1) is 6.92 Å². The van der Waals surface area contributed by atoms with Gasteiger partial charge in [0.2, 0.25) is 0 Å². The fourth-order valence-corrected chi connectivity index (χ4v) is 5.56. The molecule has 0 bridgehead atoms. The molecule has 1 aliphatic heterocycles. The molecule has 240 valence electrons. The van der Waals surface area contributed by atoms with Gasteiger partial charge in [0.25, 0.3) is 5.91 Å². The van der Waals surface area contributed by atoms with Crippen LogP contribution in [-0.4, -0.2) is 54.3 Å². The lowest BCUT2D eigenvalue weighted by Crippen LogP contribution is -2.68. The number of hydrogen-bond donors (Lipinski definition) is 1. The first-order valence-corrected chi connectivity index (χ1v) is 15.8. The Labute approximate surface area is 271 Å². The molecular weight excluding hydrogens is 580 g/mol. The molecule has 46 heavy (non-hydrogen) atoms. The molecule has 4 aromatic carbocycles. The first kappa shape index (κ1) is 32.9. The summed E-state index contributed by atoms with van der Waals surface area (Å²) in [4.78, 5) is 29.0. The van der Waals surface area contributed by atoms with Crippen molar-refractivity contribution in [2.75, 3.05) is 13.1 Å². The Morgan fingerprint density at radius 3 is 1.72 bits per heavy atom. The monoisotopic (exact) mass is 622 g/mol. The zero-order valence-corrected chi connectivity index (χ0v) is 26.4. The molecule has 4 aromatic rings. The van der Waals surface area contributed by atoms with Crippen molar-refractivity contribution in [3.8, 4) is 5.75 Å². The van der Waals surface area contributed by atoms with Crippen molar-refractivity contribution in [1.82, 2.24) is 10.2 Å². The Morgan fingerprint density at radius 1 is 0.696 bits per heavy atom. The zero-order valence-electron chi connectivity index (χ0n) is 26.4. The Hall–Kier alpha value is -4.50. The van der Waals surface area contributed by atoms with Gasteiger partial charge in [0.05, 0.1) is 25.9 Å². The molecule has 0 saturated carbocycles. The minimum Gasteiger partial charge on any atom is -0.410 e. The smallest absolute Gasteiger partial charge is 0.410 e. The van der Waals surface area contributed by atoms with E-state index in [-0.39, 0.29) is 25.7 Å². The highest BCUT2D eigenvalue weighted by Gasteiger charge is 2.50. The van der Waals surface area contributed by atoms with Crippen LogP contribution in [0.3, 0.4) is 0 Å². The number of carbonyl (C=O) groups excluding carboxylic acids is 2. The number of ether oxygens (including phenoxy) is 4. The van der Waals surface area contributed by atoms with Crippen LogP contribution in [0.2, 0.25) is 0 Å². The van der Waals surface area contributed by atoms with Crippen molar-refractivity contribution in [3.63, 3.8) is 0 Å². The second-order valence-corrected chi connectivity index (χ2v) is 11.4. The van der Waals surface area contributed by atoms with Gasteiger partial charge in [-0.1, -0.05) is 116 Å². The molecule has 8 nitrogen and oxygen atoms in total. The van der Waals surface area contributed by atoms with Gasteiger partial charge in [-0.3, -0.25) is 4.79 Å². The van der Waals surface area contributed by atoms with Crippen molar-refractivity contribution in [3.05, 3.63) is 138 Å². The number of piperidine rings is 1. The van der Waals surface area contributed by atoms with Crippen LogP contribution < -0.4 is 10.1 Å². The van der Waals surface area contributed by atoms with Gasteiger partial charge in [-0.15, -0.1) is 0 Å². The van der Waals surface area contributed by atoms with Crippen LogP contribution >= 0.6 is 0 Å². The molecule has 0 spiro atoms. The van der Waals surface area contributed by atoms with Crippen molar-refractivity contribution >= 4 is 12.0 Å². The lowest BCUT2D eigenvalue weighted by Gasteiger charge is -2.48. The fourth-order valence-electron chi connectivity index (χ4n) is 5.56. The third-order valence-electron chi connectivity index (χ3n) is 7.92. The van der Waals surface area contributed by atoms with Gasteiger partial charge in [-0.25, -0.2) is 4.79 Å². The van der Waals surface area contributed by atoms with Gasteiger partial charge >= 0.3 is 6.09 Å². The third-order valence-corrected chi connectivity index (χ3v) is 7.92. The van der Waals surface area contributed by atoms with E-state index in [1.54, 1.807) is 17.0 Å². The van der Waals surface area contributed by atoms with E-state index in [9.17, 15) is 9.59 Å². The average molecular weight is 623 g/mol. The normalized spacial score (nSPS) is 19.5. The van der Waals surface area contributed by atoms with E-state index in [0.717, 1.165) is 22.3 Å². The summed E-state index contributed by atoms with van der Waals surface area (Å²) in [5.41, 5.74) is 3.96. The molecule has 1 N–H and O–H groups in total. The van der Waals surface area contributed by atoms with Crippen molar-refractivity contribution < 1.29 is 28.5 Å². The second-order valence-electron chi connectivity index (χ2n) is 11.4. The largest absolute Gasteiger partial charge is 0.412 e. The summed E-state index contributed by atoms with van der Waals surface area (Å²) in [6, 6.07) is 36.1. The van der Waals surface area contributed by atoms with Gasteiger partial charge < -0.3 is 29.2 Å². The Morgan fingerprint density at radius 2 is 1.20 bits per heavy atom. The number of aryl methyl sites for hydroxylation is 1. The number of hydrogen-bond acceptors (Lipinski definition) is 6. The highest BCUT2D eigenvalue weighted by atomic mass is 16.6. The minimum atomic E-state index is -0.924. The second kappa shape index (κ2) is 16.7. The highest BCUT2D eigenvalue weighted by Crippen LogP contribution is 2.30. The number of carbonyl (C=O) groups is 2. The molecule has 1 saturated heterocycles.